The molecule has 0 saturated carbocycles. The summed E-state index contributed by atoms with van der Waals surface area (Å²) in [5, 5.41) is 12.2. The first-order chi connectivity index (χ1) is 18.0. The molecule has 0 fully saturated rings. The lowest BCUT2D eigenvalue weighted by molar-refractivity contribution is -0.113. The molecular weight excluding hydrogens is 545 g/mol. The number of thiazole rings is 1. The maximum Gasteiger partial charge on any atom is 0.241 e. The Hall–Kier alpha value is -2.93. The topological polar surface area (TPSA) is 116 Å². The van der Waals surface area contributed by atoms with Crippen molar-refractivity contribution in [2.24, 2.45) is 0 Å². The van der Waals surface area contributed by atoms with E-state index >= 15 is 0 Å². The van der Waals surface area contributed by atoms with E-state index in [-0.39, 0.29) is 17.6 Å². The van der Waals surface area contributed by atoms with E-state index in [1.54, 1.807) is 0 Å². The third-order valence-corrected chi connectivity index (χ3v) is 10.2. The Labute approximate surface area is 229 Å². The number of nitrogen functional groups attached to an aromatic ring is 1. The molecule has 8 nitrogen and oxygen atoms in total. The fourth-order valence-electron chi connectivity index (χ4n) is 4.61. The maximum absolute atomic E-state index is 13.4. The second-order valence-electron chi connectivity index (χ2n) is 8.57. The van der Waals surface area contributed by atoms with Crippen molar-refractivity contribution in [2.45, 2.75) is 34.4 Å². The van der Waals surface area contributed by atoms with Crippen molar-refractivity contribution in [3.63, 3.8) is 0 Å². The number of hydrogen-bond donors (Lipinski definition) is 2. The average Bonchev–Trinajstić information content (AvgIpc) is 3.60. The molecular formula is C25H22N6O2S4. The van der Waals surface area contributed by atoms with Crippen molar-refractivity contribution >= 4 is 90.0 Å². The molecule has 188 valence electrons. The molecule has 1 amide bonds. The van der Waals surface area contributed by atoms with Crippen LogP contribution in [0.1, 0.15) is 28.9 Å². The molecule has 0 saturated heterocycles. The van der Waals surface area contributed by atoms with Gasteiger partial charge < -0.3 is 11.1 Å². The molecule has 12 heteroatoms. The molecule has 37 heavy (non-hydrogen) atoms. The van der Waals surface area contributed by atoms with Crippen molar-refractivity contribution in [3.8, 4) is 0 Å². The van der Waals surface area contributed by atoms with Crippen molar-refractivity contribution in [1.82, 2.24) is 19.7 Å². The molecule has 1 aliphatic carbocycles. The van der Waals surface area contributed by atoms with Crippen LogP contribution in [0, 0.1) is 0 Å². The van der Waals surface area contributed by atoms with Crippen molar-refractivity contribution in [3.05, 3.63) is 53.7 Å². The molecule has 1 aliphatic rings. The summed E-state index contributed by atoms with van der Waals surface area (Å²) < 4.78 is 4.39. The minimum atomic E-state index is -0.134. The number of nitrogens with one attached hydrogen (secondary N) is 1. The normalized spacial score (nSPS) is 13.2. The van der Waals surface area contributed by atoms with Crippen molar-refractivity contribution in [2.75, 3.05) is 22.6 Å². The highest BCUT2D eigenvalue weighted by atomic mass is 32.2. The molecule has 3 aromatic heterocycles. The second kappa shape index (κ2) is 10.4. The first kappa shape index (κ1) is 24.4. The van der Waals surface area contributed by atoms with Gasteiger partial charge in [-0.3, -0.25) is 14.2 Å². The fourth-order valence-corrected chi connectivity index (χ4v) is 8.01. The highest BCUT2D eigenvalue weighted by molar-refractivity contribution is 8.02. The number of hydrogen-bond acceptors (Lipinski definition) is 10. The van der Waals surface area contributed by atoms with Crippen LogP contribution in [0.4, 0.5) is 10.8 Å². The molecule has 0 spiro atoms. The monoisotopic (exact) mass is 566 g/mol. The van der Waals surface area contributed by atoms with Crippen LogP contribution in [0.25, 0.3) is 21.1 Å². The molecule has 6 rings (SSSR count). The molecule has 0 radical (unpaired) electrons. The van der Waals surface area contributed by atoms with Gasteiger partial charge in [0.1, 0.15) is 0 Å². The first-order valence-electron chi connectivity index (χ1n) is 11.7. The number of nitrogens with zero attached hydrogens (tertiary/aromatic N) is 4. The van der Waals surface area contributed by atoms with Gasteiger partial charge in [0.25, 0.3) is 0 Å². The highest BCUT2D eigenvalue weighted by Gasteiger charge is 2.23. The number of aryl methyl sites for hydroxylation is 1. The van der Waals surface area contributed by atoms with Gasteiger partial charge in [0, 0.05) is 16.8 Å². The number of rotatable bonds is 7. The van der Waals surface area contributed by atoms with Crippen LogP contribution in [-0.4, -0.2) is 43.1 Å². The number of carbonyl (C=O) groups is 2. The molecule has 0 atom stereocenters. The van der Waals surface area contributed by atoms with E-state index in [0.29, 0.717) is 20.9 Å². The Morgan fingerprint density at radius 3 is 2.70 bits per heavy atom. The Bertz CT molecular complexity index is 1640. The lowest BCUT2D eigenvalue weighted by Crippen LogP contribution is -2.18. The average molecular weight is 567 g/mol. The number of aromatic nitrogens is 4. The Morgan fingerprint density at radius 1 is 1.00 bits per heavy atom. The summed E-state index contributed by atoms with van der Waals surface area (Å²) in [6.07, 6.45) is 4.28. The number of benzene rings is 2. The van der Waals surface area contributed by atoms with Gasteiger partial charge in [0.2, 0.25) is 16.9 Å². The number of nitrogens with two attached hydrogens (primary N) is 1. The first-order valence-corrected chi connectivity index (χ1v) is 15.3. The second-order valence-corrected chi connectivity index (χ2v) is 13.1. The molecule has 3 N–H and O–H groups in total. The predicted octanol–water partition coefficient (Wildman–Crippen LogP) is 5.73. The van der Waals surface area contributed by atoms with Gasteiger partial charge in [-0.05, 0) is 55.5 Å². The summed E-state index contributed by atoms with van der Waals surface area (Å²) in [4.78, 5) is 30.4. The number of thioether (sulfide) groups is 2. The van der Waals surface area contributed by atoms with E-state index in [4.69, 9.17) is 10.7 Å². The minimum Gasteiger partial charge on any atom is -0.374 e. The van der Waals surface area contributed by atoms with Crippen molar-refractivity contribution in [1.29, 1.82) is 0 Å². The molecule has 2 aromatic carbocycles. The SMILES string of the molecule is Nc1nnc(SCC(=O)Nc2ccc3nc(SCC(=O)n4c5c(c6ccccc64)CCCC5)sc3c2)s1. The van der Waals surface area contributed by atoms with E-state index in [0.717, 1.165) is 39.3 Å². The Morgan fingerprint density at radius 2 is 1.84 bits per heavy atom. The number of para-hydroxylation sites is 1. The van der Waals surface area contributed by atoms with Crippen LogP contribution < -0.4 is 11.1 Å². The molecule has 5 aromatic rings. The quantitative estimate of drug-likeness (QED) is 0.240. The summed E-state index contributed by atoms with van der Waals surface area (Å²) in [5.41, 5.74) is 10.7. The van der Waals surface area contributed by atoms with E-state index in [2.05, 4.69) is 21.6 Å². The van der Waals surface area contributed by atoms with E-state index < -0.39 is 0 Å². The van der Waals surface area contributed by atoms with E-state index in [1.807, 2.05) is 41.0 Å². The summed E-state index contributed by atoms with van der Waals surface area (Å²) in [5.74, 6) is 0.495. The smallest absolute Gasteiger partial charge is 0.241 e. The summed E-state index contributed by atoms with van der Waals surface area (Å²) in [6, 6.07) is 13.9. The highest BCUT2D eigenvalue weighted by Crippen LogP contribution is 2.34. The largest absolute Gasteiger partial charge is 0.374 e. The van der Waals surface area contributed by atoms with Crippen LogP contribution in [0.2, 0.25) is 0 Å². The number of carbonyl (C=O) groups excluding carboxylic acids is 2. The van der Waals surface area contributed by atoms with Crippen LogP contribution >= 0.6 is 46.2 Å². The Balaban J connectivity index is 1.13. The van der Waals surface area contributed by atoms with Gasteiger partial charge in [0.05, 0.1) is 27.2 Å². The maximum atomic E-state index is 13.4. The zero-order valence-electron chi connectivity index (χ0n) is 19.6. The van der Waals surface area contributed by atoms with Gasteiger partial charge >= 0.3 is 0 Å². The fraction of sp³-hybridized carbons (Fsp3) is 0.240. The minimum absolute atomic E-state index is 0.0891. The third kappa shape index (κ3) is 5.11. The van der Waals surface area contributed by atoms with Crippen LogP contribution in [0.5, 0.6) is 0 Å². The van der Waals surface area contributed by atoms with Crippen LogP contribution in [-0.2, 0) is 17.6 Å². The molecule has 0 aliphatic heterocycles. The van der Waals surface area contributed by atoms with Gasteiger partial charge in [-0.15, -0.1) is 21.5 Å². The van der Waals surface area contributed by atoms with Gasteiger partial charge in [-0.25, -0.2) is 4.98 Å². The molecule has 3 heterocycles. The van der Waals surface area contributed by atoms with Gasteiger partial charge in [0.15, 0.2) is 8.68 Å². The summed E-state index contributed by atoms with van der Waals surface area (Å²) in [7, 11) is 0. The number of fused-ring (bicyclic) bond motifs is 4. The van der Waals surface area contributed by atoms with Crippen molar-refractivity contribution < 1.29 is 9.59 Å². The van der Waals surface area contributed by atoms with E-state index in [9.17, 15) is 9.59 Å². The van der Waals surface area contributed by atoms with Crippen LogP contribution in [0.15, 0.2) is 51.1 Å². The van der Waals surface area contributed by atoms with E-state index in [1.165, 1.54) is 69.3 Å². The summed E-state index contributed by atoms with van der Waals surface area (Å²) >= 11 is 5.55. The number of anilines is 2. The Kier molecular flexibility index (Phi) is 6.89. The lowest BCUT2D eigenvalue weighted by atomic mass is 9.96. The molecule has 0 bridgehead atoms. The van der Waals surface area contributed by atoms with Gasteiger partial charge in [-0.1, -0.05) is 53.1 Å². The number of amides is 1. The molecule has 0 unspecified atom stereocenters. The zero-order chi connectivity index (χ0) is 25.4. The van der Waals surface area contributed by atoms with Gasteiger partial charge in [-0.2, -0.15) is 0 Å². The lowest BCUT2D eigenvalue weighted by Gasteiger charge is -2.14. The van der Waals surface area contributed by atoms with Crippen LogP contribution in [0.3, 0.4) is 0 Å². The zero-order valence-corrected chi connectivity index (χ0v) is 22.9. The standard InChI is InChI=1S/C25H22N6O2S4/c26-23-29-30-25(37-23)34-12-21(32)27-14-9-10-17-20(11-14)36-24(28-17)35-13-22(33)31-18-7-3-1-5-15(18)16-6-2-4-8-19(16)31/h1,3,5,7,9-11H,2,4,6,8,12-13H2,(H2,26,29)(H,27,32). The third-order valence-electron chi connectivity index (χ3n) is 6.15. The predicted molar refractivity (Wildman–Crippen MR) is 153 cm³/mol. The summed E-state index contributed by atoms with van der Waals surface area (Å²) in [6.45, 7) is 0.